The minimum absolute atomic E-state index is 0.266. The van der Waals surface area contributed by atoms with Gasteiger partial charge in [0, 0.05) is 18.6 Å². The molecule has 2 aromatic heterocycles. The Morgan fingerprint density at radius 2 is 2.25 bits per heavy atom. The van der Waals surface area contributed by atoms with Crippen LogP contribution in [0.15, 0.2) is 55.3 Å². The van der Waals surface area contributed by atoms with E-state index in [0.29, 0.717) is 0 Å². The standard InChI is InChI=1S/C17H17N3/c1-12(20-7-6-18-11-20)15-4-5-17(19-10-15)14-3-2-13-8-16(13)9-14/h2-7,9-13,16H,8H2,1H3. The summed E-state index contributed by atoms with van der Waals surface area (Å²) in [6.07, 6.45) is 15.8. The molecule has 20 heavy (non-hydrogen) atoms. The van der Waals surface area contributed by atoms with Crippen LogP contribution >= 0.6 is 0 Å². The highest BCUT2D eigenvalue weighted by molar-refractivity contribution is 5.73. The van der Waals surface area contributed by atoms with Crippen molar-refractivity contribution in [1.29, 1.82) is 0 Å². The van der Waals surface area contributed by atoms with E-state index in [1.54, 1.807) is 0 Å². The van der Waals surface area contributed by atoms with E-state index >= 15 is 0 Å². The summed E-state index contributed by atoms with van der Waals surface area (Å²) < 4.78 is 2.09. The van der Waals surface area contributed by atoms with Crippen LogP contribution in [0.25, 0.3) is 5.57 Å². The molecular formula is C17H17N3. The molecule has 0 spiro atoms. The van der Waals surface area contributed by atoms with Gasteiger partial charge in [0.05, 0.1) is 18.1 Å². The van der Waals surface area contributed by atoms with Crippen LogP contribution in [0.4, 0.5) is 0 Å². The molecule has 0 saturated heterocycles. The Labute approximate surface area is 118 Å². The molecule has 0 amide bonds. The average Bonchev–Trinajstić information content (AvgIpc) is 3.07. The van der Waals surface area contributed by atoms with E-state index < -0.39 is 0 Å². The first-order valence-corrected chi connectivity index (χ1v) is 7.15. The monoisotopic (exact) mass is 263 g/mol. The molecule has 0 aromatic carbocycles. The molecule has 0 N–H and O–H groups in total. The molecule has 3 nitrogen and oxygen atoms in total. The molecular weight excluding hydrogens is 246 g/mol. The average molecular weight is 263 g/mol. The third kappa shape index (κ3) is 1.99. The Morgan fingerprint density at radius 3 is 2.95 bits per heavy atom. The van der Waals surface area contributed by atoms with Crippen LogP contribution in [0, 0.1) is 11.8 Å². The van der Waals surface area contributed by atoms with E-state index in [9.17, 15) is 0 Å². The predicted octanol–water partition coefficient (Wildman–Crippen LogP) is 3.48. The van der Waals surface area contributed by atoms with Crippen molar-refractivity contribution in [2.45, 2.75) is 19.4 Å². The fraction of sp³-hybridized carbons (Fsp3) is 0.294. The number of rotatable bonds is 3. The zero-order chi connectivity index (χ0) is 13.5. The number of hydrogen-bond acceptors (Lipinski definition) is 2. The summed E-state index contributed by atoms with van der Waals surface area (Å²) in [4.78, 5) is 8.73. The molecule has 2 heterocycles. The highest BCUT2D eigenvalue weighted by atomic mass is 15.0. The van der Waals surface area contributed by atoms with E-state index in [-0.39, 0.29) is 6.04 Å². The third-order valence-electron chi connectivity index (χ3n) is 4.34. The molecule has 3 atom stereocenters. The van der Waals surface area contributed by atoms with Gasteiger partial charge in [-0.1, -0.05) is 24.3 Å². The lowest BCUT2D eigenvalue weighted by molar-refractivity contribution is 0.636. The van der Waals surface area contributed by atoms with Gasteiger partial charge in [-0.2, -0.15) is 0 Å². The zero-order valence-electron chi connectivity index (χ0n) is 11.5. The van der Waals surface area contributed by atoms with Gasteiger partial charge in [-0.3, -0.25) is 4.98 Å². The van der Waals surface area contributed by atoms with Crippen LogP contribution in [0.2, 0.25) is 0 Å². The van der Waals surface area contributed by atoms with Crippen molar-refractivity contribution in [3.05, 3.63) is 66.5 Å². The fourth-order valence-corrected chi connectivity index (χ4v) is 2.83. The lowest BCUT2D eigenvalue weighted by atomic mass is 10.0. The molecule has 3 unspecified atom stereocenters. The van der Waals surface area contributed by atoms with Crippen LogP contribution < -0.4 is 0 Å². The minimum atomic E-state index is 0.266. The number of imidazole rings is 1. The highest BCUT2D eigenvalue weighted by Gasteiger charge is 2.35. The van der Waals surface area contributed by atoms with Crippen LogP contribution in [0.5, 0.6) is 0 Å². The Bertz CT molecular complexity index is 665. The first-order chi connectivity index (χ1) is 9.81. The van der Waals surface area contributed by atoms with Crippen molar-refractivity contribution in [1.82, 2.24) is 14.5 Å². The molecule has 100 valence electrons. The molecule has 2 aliphatic carbocycles. The number of hydrogen-bond donors (Lipinski definition) is 0. The van der Waals surface area contributed by atoms with Gasteiger partial charge in [0.2, 0.25) is 0 Å². The molecule has 4 rings (SSSR count). The number of aromatic nitrogens is 3. The van der Waals surface area contributed by atoms with Gasteiger partial charge in [0.15, 0.2) is 0 Å². The molecule has 0 bridgehead atoms. The van der Waals surface area contributed by atoms with Gasteiger partial charge >= 0.3 is 0 Å². The molecule has 2 aromatic rings. The lowest BCUT2D eigenvalue weighted by Gasteiger charge is -2.14. The summed E-state index contributed by atoms with van der Waals surface area (Å²) in [5.74, 6) is 1.57. The summed E-state index contributed by atoms with van der Waals surface area (Å²) >= 11 is 0. The second-order valence-corrected chi connectivity index (χ2v) is 5.71. The summed E-state index contributed by atoms with van der Waals surface area (Å²) in [5.41, 5.74) is 3.55. The van der Waals surface area contributed by atoms with E-state index in [4.69, 9.17) is 0 Å². The Morgan fingerprint density at radius 1 is 1.30 bits per heavy atom. The molecule has 0 radical (unpaired) electrons. The SMILES string of the molecule is CC(c1ccc(C2=CC3CC3C=C2)nc1)n1ccnc1. The van der Waals surface area contributed by atoms with Crippen LogP contribution in [-0.2, 0) is 0 Å². The van der Waals surface area contributed by atoms with Gasteiger partial charge in [0.25, 0.3) is 0 Å². The Kier molecular flexibility index (Phi) is 2.59. The maximum absolute atomic E-state index is 4.63. The van der Waals surface area contributed by atoms with Crippen molar-refractivity contribution in [3.63, 3.8) is 0 Å². The second kappa shape index (κ2) is 4.44. The summed E-state index contributed by atoms with van der Waals surface area (Å²) in [5, 5.41) is 0. The van der Waals surface area contributed by atoms with Crippen LogP contribution in [0.3, 0.4) is 0 Å². The smallest absolute Gasteiger partial charge is 0.0951 e. The van der Waals surface area contributed by atoms with Crippen molar-refractivity contribution in [3.8, 4) is 0 Å². The van der Waals surface area contributed by atoms with Crippen molar-refractivity contribution in [2.75, 3.05) is 0 Å². The number of pyridine rings is 1. The molecule has 2 aliphatic rings. The minimum Gasteiger partial charge on any atom is -0.330 e. The Hall–Kier alpha value is -2.16. The van der Waals surface area contributed by atoms with E-state index in [1.165, 1.54) is 17.6 Å². The van der Waals surface area contributed by atoms with E-state index in [0.717, 1.165) is 17.5 Å². The van der Waals surface area contributed by atoms with Gasteiger partial charge in [-0.25, -0.2) is 4.98 Å². The highest BCUT2D eigenvalue weighted by Crippen LogP contribution is 2.45. The fourth-order valence-electron chi connectivity index (χ4n) is 2.83. The molecule has 1 saturated carbocycles. The van der Waals surface area contributed by atoms with Crippen molar-refractivity contribution in [2.24, 2.45) is 11.8 Å². The van der Waals surface area contributed by atoms with E-state index in [2.05, 4.69) is 51.8 Å². The summed E-state index contributed by atoms with van der Waals surface area (Å²) in [6.45, 7) is 2.16. The number of nitrogens with zero attached hydrogens (tertiary/aromatic N) is 3. The van der Waals surface area contributed by atoms with Gasteiger partial charge in [-0.15, -0.1) is 0 Å². The largest absolute Gasteiger partial charge is 0.330 e. The number of fused-ring (bicyclic) bond motifs is 1. The quantitative estimate of drug-likeness (QED) is 0.848. The zero-order valence-corrected chi connectivity index (χ0v) is 11.5. The maximum Gasteiger partial charge on any atom is 0.0951 e. The Balaban J connectivity index is 1.58. The van der Waals surface area contributed by atoms with E-state index in [1.807, 2.05) is 24.9 Å². The normalized spacial score (nSPS) is 24.9. The van der Waals surface area contributed by atoms with Gasteiger partial charge < -0.3 is 4.57 Å². The summed E-state index contributed by atoms with van der Waals surface area (Å²) in [7, 11) is 0. The van der Waals surface area contributed by atoms with Crippen LogP contribution in [-0.4, -0.2) is 14.5 Å². The predicted molar refractivity (Wildman–Crippen MR) is 79.0 cm³/mol. The van der Waals surface area contributed by atoms with Gasteiger partial charge in [-0.05, 0) is 42.4 Å². The maximum atomic E-state index is 4.63. The van der Waals surface area contributed by atoms with Crippen molar-refractivity contribution >= 4 is 5.57 Å². The van der Waals surface area contributed by atoms with Gasteiger partial charge in [0.1, 0.15) is 0 Å². The summed E-state index contributed by atoms with van der Waals surface area (Å²) in [6, 6.07) is 4.56. The number of allylic oxidation sites excluding steroid dienone is 4. The molecule has 0 aliphatic heterocycles. The molecule has 3 heteroatoms. The topological polar surface area (TPSA) is 30.7 Å². The lowest BCUT2D eigenvalue weighted by Crippen LogP contribution is -2.05. The second-order valence-electron chi connectivity index (χ2n) is 5.71. The van der Waals surface area contributed by atoms with Crippen LogP contribution in [0.1, 0.15) is 30.6 Å². The first kappa shape index (κ1) is 11.6. The van der Waals surface area contributed by atoms with Crippen molar-refractivity contribution < 1.29 is 0 Å². The molecule has 1 fully saturated rings. The first-order valence-electron chi connectivity index (χ1n) is 7.15. The third-order valence-corrected chi connectivity index (χ3v) is 4.34.